The Morgan fingerprint density at radius 3 is 2.68 bits per heavy atom. The summed E-state index contributed by atoms with van der Waals surface area (Å²) in [5, 5.41) is 3.30. The lowest BCUT2D eigenvalue weighted by atomic mass is 10.1. The Kier molecular flexibility index (Phi) is 4.68. The summed E-state index contributed by atoms with van der Waals surface area (Å²) in [6.07, 6.45) is 1.65. The fourth-order valence-corrected chi connectivity index (χ4v) is 4.20. The number of para-hydroxylation sites is 1. The zero-order valence-corrected chi connectivity index (χ0v) is 16.4. The number of nitrogens with zero attached hydrogens (tertiary/aromatic N) is 2. The van der Waals surface area contributed by atoms with Crippen molar-refractivity contribution in [2.24, 2.45) is 0 Å². The minimum Gasteiger partial charge on any atom is -0.298 e. The Hall–Kier alpha value is -3.06. The first-order valence-electron chi connectivity index (χ1n) is 9.17. The van der Waals surface area contributed by atoms with Crippen LogP contribution in [-0.2, 0) is 0 Å². The Morgan fingerprint density at radius 1 is 1.14 bits per heavy atom. The zero-order chi connectivity index (χ0) is 19.8. The summed E-state index contributed by atoms with van der Waals surface area (Å²) >= 11 is 1.40. The molecule has 1 aliphatic rings. The molecular weight excluding hydrogens is 374 g/mol. The summed E-state index contributed by atoms with van der Waals surface area (Å²) in [5.74, 6) is -0.979. The van der Waals surface area contributed by atoms with Crippen LogP contribution in [0.15, 0.2) is 36.4 Å². The lowest BCUT2D eigenvalue weighted by molar-refractivity contribution is 0.0652. The molecule has 3 aromatic rings. The average molecular weight is 393 g/mol. The molecule has 0 saturated heterocycles. The zero-order valence-electron chi connectivity index (χ0n) is 15.6. The first-order chi connectivity index (χ1) is 13.5. The van der Waals surface area contributed by atoms with Gasteiger partial charge in [0.05, 0.1) is 21.3 Å². The van der Waals surface area contributed by atoms with Gasteiger partial charge in [-0.15, -0.1) is 0 Å². The van der Waals surface area contributed by atoms with Crippen molar-refractivity contribution in [2.75, 3.05) is 11.9 Å². The minimum absolute atomic E-state index is 0.286. The van der Waals surface area contributed by atoms with E-state index in [1.54, 1.807) is 12.1 Å². The fourth-order valence-electron chi connectivity index (χ4n) is 3.26. The molecule has 6 nitrogen and oxygen atoms in total. The fraction of sp³-hybridized carbons (Fsp3) is 0.238. The van der Waals surface area contributed by atoms with Crippen LogP contribution in [0.2, 0.25) is 0 Å². The third-order valence-corrected chi connectivity index (χ3v) is 5.75. The van der Waals surface area contributed by atoms with Gasteiger partial charge in [-0.1, -0.05) is 36.8 Å². The highest BCUT2D eigenvalue weighted by atomic mass is 32.1. The predicted octanol–water partition coefficient (Wildman–Crippen LogP) is 4.25. The third-order valence-electron chi connectivity index (χ3n) is 4.81. The van der Waals surface area contributed by atoms with Gasteiger partial charge in [-0.2, -0.15) is 0 Å². The molecule has 0 bridgehead atoms. The standard InChI is InChI=1S/C21H19N3O3S/c1-3-4-10-24-19(26)14-9-8-13(11-15(14)20(24)27)18(25)23-21-22-17-12(2)6-5-7-16(17)28-21/h5-9,11H,3-4,10H2,1-2H3,(H,22,23,25). The molecule has 0 unspecified atom stereocenters. The normalized spacial score (nSPS) is 13.3. The van der Waals surface area contributed by atoms with E-state index in [9.17, 15) is 14.4 Å². The monoisotopic (exact) mass is 393 g/mol. The number of amides is 3. The molecule has 2 heterocycles. The summed E-state index contributed by atoms with van der Waals surface area (Å²) in [5.41, 5.74) is 2.88. The second-order valence-corrected chi connectivity index (χ2v) is 7.80. The molecule has 0 radical (unpaired) electrons. The SMILES string of the molecule is CCCCN1C(=O)c2ccc(C(=O)Nc3nc4c(C)cccc4s3)cc2C1=O. The van der Waals surface area contributed by atoms with Crippen LogP contribution in [0, 0.1) is 6.92 Å². The molecule has 28 heavy (non-hydrogen) atoms. The molecule has 0 saturated carbocycles. The highest BCUT2D eigenvalue weighted by Gasteiger charge is 2.35. The molecule has 0 fully saturated rings. The highest BCUT2D eigenvalue weighted by Crippen LogP contribution is 2.29. The van der Waals surface area contributed by atoms with E-state index in [1.165, 1.54) is 22.3 Å². The second-order valence-electron chi connectivity index (χ2n) is 6.77. The Balaban J connectivity index is 1.58. The minimum atomic E-state index is -0.355. The van der Waals surface area contributed by atoms with Crippen molar-refractivity contribution in [3.63, 3.8) is 0 Å². The molecule has 0 atom stereocenters. The number of thiazole rings is 1. The van der Waals surface area contributed by atoms with Crippen molar-refractivity contribution in [3.05, 3.63) is 58.7 Å². The van der Waals surface area contributed by atoms with Crippen LogP contribution in [0.1, 0.15) is 56.4 Å². The van der Waals surface area contributed by atoms with E-state index in [4.69, 9.17) is 0 Å². The summed E-state index contributed by atoms with van der Waals surface area (Å²) < 4.78 is 0.997. The molecule has 1 aromatic heterocycles. The van der Waals surface area contributed by atoms with Crippen LogP contribution >= 0.6 is 11.3 Å². The number of hydrogen-bond donors (Lipinski definition) is 1. The maximum atomic E-state index is 12.7. The lowest BCUT2D eigenvalue weighted by Crippen LogP contribution is -2.30. The number of benzene rings is 2. The third kappa shape index (κ3) is 3.07. The lowest BCUT2D eigenvalue weighted by Gasteiger charge is -2.12. The number of carbonyl (C=O) groups excluding carboxylic acids is 3. The smallest absolute Gasteiger partial charge is 0.261 e. The van der Waals surface area contributed by atoms with Crippen LogP contribution in [0.3, 0.4) is 0 Å². The molecule has 0 aliphatic carbocycles. The largest absolute Gasteiger partial charge is 0.298 e. The molecule has 3 amide bonds. The number of anilines is 1. The summed E-state index contributed by atoms with van der Waals surface area (Å²) in [4.78, 5) is 43.4. The molecule has 1 N–H and O–H groups in total. The number of hydrogen-bond acceptors (Lipinski definition) is 5. The van der Waals surface area contributed by atoms with Crippen molar-refractivity contribution in [1.29, 1.82) is 0 Å². The highest BCUT2D eigenvalue weighted by molar-refractivity contribution is 7.22. The van der Waals surface area contributed by atoms with E-state index in [0.29, 0.717) is 22.8 Å². The van der Waals surface area contributed by atoms with Gasteiger partial charge in [0.15, 0.2) is 5.13 Å². The molecule has 7 heteroatoms. The summed E-state index contributed by atoms with van der Waals surface area (Å²) in [6, 6.07) is 10.5. The molecule has 0 spiro atoms. The average Bonchev–Trinajstić information content (AvgIpc) is 3.20. The van der Waals surface area contributed by atoms with Gasteiger partial charge in [0.2, 0.25) is 0 Å². The van der Waals surface area contributed by atoms with E-state index in [0.717, 1.165) is 28.6 Å². The summed E-state index contributed by atoms with van der Waals surface area (Å²) in [7, 11) is 0. The molecule has 1 aliphatic heterocycles. The van der Waals surface area contributed by atoms with Gasteiger partial charge in [-0.3, -0.25) is 24.6 Å². The van der Waals surface area contributed by atoms with Crippen molar-refractivity contribution >= 4 is 44.4 Å². The number of aryl methyl sites for hydroxylation is 1. The Bertz CT molecular complexity index is 1120. The maximum Gasteiger partial charge on any atom is 0.261 e. The van der Waals surface area contributed by atoms with Gasteiger partial charge in [-0.25, -0.2) is 4.98 Å². The van der Waals surface area contributed by atoms with Gasteiger partial charge >= 0.3 is 0 Å². The number of unbranched alkanes of at least 4 members (excludes halogenated alkanes) is 1. The van der Waals surface area contributed by atoms with Gasteiger partial charge in [0.1, 0.15) is 0 Å². The number of nitrogens with one attached hydrogen (secondary N) is 1. The van der Waals surface area contributed by atoms with E-state index in [2.05, 4.69) is 10.3 Å². The number of fused-ring (bicyclic) bond motifs is 2. The first kappa shape index (κ1) is 18.3. The summed E-state index contributed by atoms with van der Waals surface area (Å²) in [6.45, 7) is 4.38. The van der Waals surface area contributed by atoms with Crippen LogP contribution in [0.5, 0.6) is 0 Å². The van der Waals surface area contributed by atoms with Gasteiger partial charge in [-0.05, 0) is 43.2 Å². The molecular formula is C21H19N3O3S. The van der Waals surface area contributed by atoms with Gasteiger partial charge in [0.25, 0.3) is 17.7 Å². The van der Waals surface area contributed by atoms with E-state index < -0.39 is 0 Å². The first-order valence-corrected chi connectivity index (χ1v) is 9.99. The second kappa shape index (κ2) is 7.16. The number of aromatic nitrogens is 1. The predicted molar refractivity (Wildman–Crippen MR) is 109 cm³/mol. The van der Waals surface area contributed by atoms with E-state index >= 15 is 0 Å². The number of carbonyl (C=O) groups is 3. The van der Waals surface area contributed by atoms with Gasteiger partial charge < -0.3 is 0 Å². The van der Waals surface area contributed by atoms with Crippen molar-refractivity contribution in [3.8, 4) is 0 Å². The maximum absolute atomic E-state index is 12.7. The van der Waals surface area contributed by atoms with E-state index in [1.807, 2.05) is 32.0 Å². The molecule has 142 valence electrons. The van der Waals surface area contributed by atoms with Crippen molar-refractivity contribution in [1.82, 2.24) is 9.88 Å². The quantitative estimate of drug-likeness (QED) is 0.657. The molecule has 4 rings (SSSR count). The number of rotatable bonds is 5. The van der Waals surface area contributed by atoms with Gasteiger partial charge in [0, 0.05) is 12.1 Å². The van der Waals surface area contributed by atoms with Crippen LogP contribution in [0.25, 0.3) is 10.2 Å². The Labute approximate surface area is 166 Å². The number of imide groups is 1. The van der Waals surface area contributed by atoms with Crippen LogP contribution in [-0.4, -0.2) is 34.2 Å². The van der Waals surface area contributed by atoms with Crippen molar-refractivity contribution < 1.29 is 14.4 Å². The van der Waals surface area contributed by atoms with Crippen molar-refractivity contribution in [2.45, 2.75) is 26.7 Å². The topological polar surface area (TPSA) is 79.4 Å². The molecule has 2 aromatic carbocycles. The van der Waals surface area contributed by atoms with E-state index in [-0.39, 0.29) is 23.3 Å². The Morgan fingerprint density at radius 2 is 1.93 bits per heavy atom. The van der Waals surface area contributed by atoms with Crippen LogP contribution in [0.4, 0.5) is 5.13 Å². The van der Waals surface area contributed by atoms with Crippen LogP contribution < -0.4 is 5.32 Å².